The van der Waals surface area contributed by atoms with Crippen molar-refractivity contribution >= 4 is 23.4 Å². The maximum absolute atomic E-state index is 10.8. The molecule has 1 heterocycles. The maximum Gasteiger partial charge on any atom is 0.335 e. The fraction of sp³-hybridized carbons (Fsp3) is 0.462. The number of aromatic carboxylic acids is 1. The lowest BCUT2D eigenvalue weighted by atomic mass is 10.1. The van der Waals surface area contributed by atoms with Gasteiger partial charge in [0.25, 0.3) is 0 Å². The van der Waals surface area contributed by atoms with E-state index in [0.717, 1.165) is 12.2 Å². The summed E-state index contributed by atoms with van der Waals surface area (Å²) in [4.78, 5) is 13.2. The summed E-state index contributed by atoms with van der Waals surface area (Å²) >= 11 is 1.99. The molecular weight excluding hydrogens is 234 g/mol. The third-order valence-corrected chi connectivity index (χ3v) is 4.28. The van der Waals surface area contributed by atoms with Crippen LogP contribution in [0.15, 0.2) is 24.3 Å². The molecule has 1 saturated heterocycles. The lowest BCUT2D eigenvalue weighted by Crippen LogP contribution is -2.35. The van der Waals surface area contributed by atoms with Gasteiger partial charge in [0.2, 0.25) is 0 Å². The Hall–Kier alpha value is -1.16. The van der Waals surface area contributed by atoms with Crippen LogP contribution in [0.25, 0.3) is 0 Å². The van der Waals surface area contributed by atoms with Crippen molar-refractivity contribution in [1.82, 2.24) is 0 Å². The zero-order chi connectivity index (χ0) is 12.3. The molecule has 1 unspecified atom stereocenters. The number of anilines is 1. The van der Waals surface area contributed by atoms with Crippen LogP contribution in [-0.4, -0.2) is 35.2 Å². The molecule has 0 radical (unpaired) electrons. The molecule has 0 bridgehead atoms. The van der Waals surface area contributed by atoms with Crippen LogP contribution in [0.5, 0.6) is 0 Å². The lowest BCUT2D eigenvalue weighted by Gasteiger charge is -2.29. The first-order valence-electron chi connectivity index (χ1n) is 5.90. The minimum atomic E-state index is -0.865. The molecule has 0 saturated carbocycles. The predicted octanol–water partition coefficient (Wildman–Crippen LogP) is 2.72. The summed E-state index contributed by atoms with van der Waals surface area (Å²) in [6, 6.07) is 7.79. The zero-order valence-corrected chi connectivity index (χ0v) is 10.7. The Balaban J connectivity index is 2.16. The smallest absolute Gasteiger partial charge is 0.335 e. The first-order chi connectivity index (χ1) is 8.22. The van der Waals surface area contributed by atoms with Crippen molar-refractivity contribution in [2.24, 2.45) is 0 Å². The number of rotatable bonds is 4. The Morgan fingerprint density at radius 2 is 2.18 bits per heavy atom. The van der Waals surface area contributed by atoms with E-state index in [0.29, 0.717) is 11.6 Å². The van der Waals surface area contributed by atoms with Crippen LogP contribution in [0.3, 0.4) is 0 Å². The fourth-order valence-corrected chi connectivity index (χ4v) is 3.44. The summed E-state index contributed by atoms with van der Waals surface area (Å²) < 4.78 is 0. The van der Waals surface area contributed by atoms with Crippen molar-refractivity contribution in [2.75, 3.05) is 23.0 Å². The molecule has 0 amide bonds. The largest absolute Gasteiger partial charge is 0.478 e. The molecule has 1 aliphatic rings. The molecule has 1 fully saturated rings. The highest BCUT2D eigenvalue weighted by molar-refractivity contribution is 7.99. The molecule has 17 heavy (non-hydrogen) atoms. The van der Waals surface area contributed by atoms with E-state index in [1.807, 2.05) is 23.9 Å². The van der Waals surface area contributed by atoms with Gasteiger partial charge in [-0.3, -0.25) is 0 Å². The van der Waals surface area contributed by atoms with E-state index in [4.69, 9.17) is 5.11 Å². The number of carboxylic acids is 1. The number of hydrogen-bond acceptors (Lipinski definition) is 3. The highest BCUT2D eigenvalue weighted by atomic mass is 32.2. The number of carboxylic acid groups (broad SMARTS) is 1. The number of carbonyl (C=O) groups is 1. The minimum absolute atomic E-state index is 0.352. The summed E-state index contributed by atoms with van der Waals surface area (Å²) in [5.74, 6) is 1.54. The summed E-state index contributed by atoms with van der Waals surface area (Å²) in [6.45, 7) is 3.12. The van der Waals surface area contributed by atoms with E-state index in [1.54, 1.807) is 12.1 Å². The van der Waals surface area contributed by atoms with E-state index in [1.165, 1.54) is 17.9 Å². The molecule has 2 rings (SSSR count). The second-order valence-corrected chi connectivity index (χ2v) is 5.31. The molecule has 0 aromatic heterocycles. The van der Waals surface area contributed by atoms with Crippen LogP contribution in [-0.2, 0) is 0 Å². The van der Waals surface area contributed by atoms with Crippen LogP contribution in [0.2, 0.25) is 0 Å². The molecular formula is C13H17NO2S. The van der Waals surface area contributed by atoms with Gasteiger partial charge < -0.3 is 10.0 Å². The fourth-order valence-electron chi connectivity index (χ4n) is 2.21. The van der Waals surface area contributed by atoms with Crippen molar-refractivity contribution < 1.29 is 9.90 Å². The van der Waals surface area contributed by atoms with Gasteiger partial charge in [0.15, 0.2) is 0 Å². The van der Waals surface area contributed by atoms with Gasteiger partial charge in [-0.1, -0.05) is 0 Å². The quantitative estimate of drug-likeness (QED) is 0.893. The molecule has 1 aromatic rings. The van der Waals surface area contributed by atoms with E-state index < -0.39 is 5.97 Å². The van der Waals surface area contributed by atoms with E-state index in [-0.39, 0.29) is 0 Å². The van der Waals surface area contributed by atoms with Crippen LogP contribution in [0.1, 0.15) is 23.7 Å². The molecule has 1 atom stereocenters. The lowest BCUT2D eigenvalue weighted by molar-refractivity contribution is 0.0697. The second-order valence-electron chi connectivity index (χ2n) is 4.16. The predicted molar refractivity (Wildman–Crippen MR) is 72.2 cm³/mol. The van der Waals surface area contributed by atoms with Crippen molar-refractivity contribution in [3.63, 3.8) is 0 Å². The Labute approximate surface area is 106 Å². The number of hydrogen-bond donors (Lipinski definition) is 1. The van der Waals surface area contributed by atoms with Gasteiger partial charge >= 0.3 is 5.97 Å². The highest BCUT2D eigenvalue weighted by Crippen LogP contribution is 2.27. The van der Waals surface area contributed by atoms with Gasteiger partial charge in [-0.2, -0.15) is 11.8 Å². The molecule has 1 aromatic carbocycles. The van der Waals surface area contributed by atoms with Crippen LogP contribution < -0.4 is 4.90 Å². The molecule has 1 N–H and O–H groups in total. The van der Waals surface area contributed by atoms with Gasteiger partial charge in [0.05, 0.1) is 5.56 Å². The average molecular weight is 251 g/mol. The molecule has 3 nitrogen and oxygen atoms in total. The minimum Gasteiger partial charge on any atom is -0.478 e. The Morgan fingerprint density at radius 1 is 1.47 bits per heavy atom. The summed E-state index contributed by atoms with van der Waals surface area (Å²) in [7, 11) is 0. The Bertz CT molecular complexity index is 385. The normalized spacial score (nSPS) is 19.2. The van der Waals surface area contributed by atoms with Gasteiger partial charge in [-0.25, -0.2) is 4.79 Å². The summed E-state index contributed by atoms with van der Waals surface area (Å²) in [5, 5.41) is 8.87. The number of benzene rings is 1. The molecule has 0 aliphatic carbocycles. The van der Waals surface area contributed by atoms with Crippen molar-refractivity contribution in [1.29, 1.82) is 0 Å². The summed E-state index contributed by atoms with van der Waals surface area (Å²) in [6.07, 6.45) is 1.22. The third-order valence-electron chi connectivity index (χ3n) is 3.13. The highest BCUT2D eigenvalue weighted by Gasteiger charge is 2.22. The molecule has 1 aliphatic heterocycles. The van der Waals surface area contributed by atoms with E-state index >= 15 is 0 Å². The SMILES string of the molecule is CCN(c1ccc(C(=O)O)cc1)C1CCSC1. The first kappa shape index (κ1) is 12.3. The molecule has 4 heteroatoms. The van der Waals surface area contributed by atoms with Crippen molar-refractivity contribution in [3.8, 4) is 0 Å². The first-order valence-corrected chi connectivity index (χ1v) is 7.05. The van der Waals surface area contributed by atoms with Gasteiger partial charge in [-0.05, 0) is 43.4 Å². The van der Waals surface area contributed by atoms with E-state index in [9.17, 15) is 4.79 Å². The monoisotopic (exact) mass is 251 g/mol. The molecule has 0 spiro atoms. The third kappa shape index (κ3) is 2.75. The summed E-state index contributed by atoms with van der Waals surface area (Å²) in [5.41, 5.74) is 1.48. The van der Waals surface area contributed by atoms with Gasteiger partial charge in [0, 0.05) is 24.0 Å². The maximum atomic E-state index is 10.8. The standard InChI is InChI=1S/C13H17NO2S/c1-2-14(12-7-8-17-9-12)11-5-3-10(4-6-11)13(15)16/h3-6,12H,2,7-9H2,1H3,(H,15,16). The van der Waals surface area contributed by atoms with Crippen molar-refractivity contribution in [2.45, 2.75) is 19.4 Å². The zero-order valence-electron chi connectivity index (χ0n) is 9.93. The number of nitrogens with zero attached hydrogens (tertiary/aromatic N) is 1. The average Bonchev–Trinajstić information content (AvgIpc) is 2.84. The Morgan fingerprint density at radius 3 is 2.65 bits per heavy atom. The number of thioether (sulfide) groups is 1. The van der Waals surface area contributed by atoms with Gasteiger partial charge in [0.1, 0.15) is 0 Å². The van der Waals surface area contributed by atoms with Crippen LogP contribution in [0.4, 0.5) is 5.69 Å². The van der Waals surface area contributed by atoms with E-state index in [2.05, 4.69) is 11.8 Å². The molecule has 92 valence electrons. The Kier molecular flexibility index (Phi) is 3.94. The van der Waals surface area contributed by atoms with Crippen LogP contribution >= 0.6 is 11.8 Å². The van der Waals surface area contributed by atoms with Crippen molar-refractivity contribution in [3.05, 3.63) is 29.8 Å². The van der Waals surface area contributed by atoms with Gasteiger partial charge in [-0.15, -0.1) is 0 Å². The van der Waals surface area contributed by atoms with Crippen LogP contribution in [0, 0.1) is 0 Å². The second kappa shape index (κ2) is 5.45. The topological polar surface area (TPSA) is 40.5 Å².